The zero-order chi connectivity index (χ0) is 9.83. The minimum absolute atomic E-state index is 0.124. The van der Waals surface area contributed by atoms with Gasteiger partial charge in [0.25, 0.3) is 0 Å². The van der Waals surface area contributed by atoms with Crippen molar-refractivity contribution >= 4 is 15.9 Å². The van der Waals surface area contributed by atoms with Crippen molar-refractivity contribution in [2.75, 3.05) is 0 Å². The van der Waals surface area contributed by atoms with Gasteiger partial charge in [-0.3, -0.25) is 0 Å². The molecule has 0 aromatic heterocycles. The molecule has 0 bridgehead atoms. The van der Waals surface area contributed by atoms with E-state index in [1.54, 1.807) is 0 Å². The van der Waals surface area contributed by atoms with Crippen LogP contribution < -0.4 is 0 Å². The smallest absolute Gasteiger partial charge is 0.329 e. The predicted molar refractivity (Wildman–Crippen MR) is 48.6 cm³/mol. The number of hydrogen-bond donors (Lipinski definition) is 1. The van der Waals surface area contributed by atoms with E-state index < -0.39 is 10.4 Å². The first-order valence-corrected chi connectivity index (χ1v) is 4.89. The molecule has 0 aliphatic heterocycles. The molecule has 0 fully saturated rings. The molecule has 0 aliphatic carbocycles. The molecule has 0 aromatic rings. The van der Waals surface area contributed by atoms with Crippen LogP contribution in [0.4, 0.5) is 8.78 Å². The summed E-state index contributed by atoms with van der Waals surface area (Å²) >= 11 is 2.17. The van der Waals surface area contributed by atoms with E-state index in [1.807, 2.05) is 6.92 Å². The Kier molecular flexibility index (Phi) is 4.62. The van der Waals surface area contributed by atoms with Crippen LogP contribution in [0.1, 0.15) is 39.5 Å². The fourth-order valence-electron chi connectivity index (χ4n) is 0.861. The monoisotopic (exact) mass is 244 g/mol. The Morgan fingerprint density at radius 1 is 1.33 bits per heavy atom. The number of aliphatic hydroxyl groups is 1. The van der Waals surface area contributed by atoms with E-state index >= 15 is 0 Å². The van der Waals surface area contributed by atoms with E-state index in [0.717, 1.165) is 19.8 Å². The molecule has 12 heavy (non-hydrogen) atoms. The van der Waals surface area contributed by atoms with Crippen molar-refractivity contribution in [2.45, 2.75) is 50.0 Å². The van der Waals surface area contributed by atoms with Gasteiger partial charge in [0.05, 0.1) is 0 Å². The Hall–Kier alpha value is 0.300. The van der Waals surface area contributed by atoms with Gasteiger partial charge in [-0.05, 0) is 29.3 Å². The minimum atomic E-state index is -3.19. The molecule has 0 radical (unpaired) electrons. The van der Waals surface area contributed by atoms with Gasteiger partial charge in [-0.25, -0.2) is 0 Å². The second kappa shape index (κ2) is 4.51. The molecule has 0 saturated heterocycles. The maximum atomic E-state index is 12.6. The lowest BCUT2D eigenvalue weighted by atomic mass is 9.99. The van der Waals surface area contributed by atoms with Crippen LogP contribution in [0.15, 0.2) is 0 Å². The van der Waals surface area contributed by atoms with Gasteiger partial charge in [-0.15, -0.1) is 0 Å². The molecule has 1 atom stereocenters. The highest BCUT2D eigenvalue weighted by molar-refractivity contribution is 9.10. The molecule has 1 N–H and O–H groups in total. The van der Waals surface area contributed by atoms with E-state index in [1.165, 1.54) is 0 Å². The van der Waals surface area contributed by atoms with Gasteiger partial charge in [0.15, 0.2) is 0 Å². The summed E-state index contributed by atoms with van der Waals surface area (Å²) in [5.41, 5.74) is -1.93. The van der Waals surface area contributed by atoms with Gasteiger partial charge in [-0.1, -0.05) is 26.2 Å². The van der Waals surface area contributed by atoms with Crippen LogP contribution in [-0.2, 0) is 0 Å². The van der Waals surface area contributed by atoms with Crippen molar-refractivity contribution in [1.82, 2.24) is 0 Å². The highest BCUT2D eigenvalue weighted by Crippen LogP contribution is 2.37. The predicted octanol–water partition coefficient (Wildman–Crippen LogP) is 3.31. The summed E-state index contributed by atoms with van der Waals surface area (Å²) in [5, 5.41) is 9.28. The lowest BCUT2D eigenvalue weighted by Crippen LogP contribution is -2.40. The fraction of sp³-hybridized carbons (Fsp3) is 1.00. The van der Waals surface area contributed by atoms with Crippen LogP contribution in [0.2, 0.25) is 0 Å². The minimum Gasteiger partial charge on any atom is -0.383 e. The Morgan fingerprint density at radius 2 is 1.83 bits per heavy atom. The van der Waals surface area contributed by atoms with E-state index in [2.05, 4.69) is 15.9 Å². The topological polar surface area (TPSA) is 20.2 Å². The average Bonchev–Trinajstić information content (AvgIpc) is 1.85. The summed E-state index contributed by atoms with van der Waals surface area (Å²) in [4.78, 5) is -3.19. The van der Waals surface area contributed by atoms with Crippen LogP contribution >= 0.6 is 15.9 Å². The maximum absolute atomic E-state index is 12.6. The third kappa shape index (κ3) is 3.81. The molecule has 0 rings (SSSR count). The molecule has 1 nitrogen and oxygen atoms in total. The molecule has 4 heteroatoms. The first-order chi connectivity index (χ1) is 5.31. The molecule has 0 saturated carbocycles. The molecular formula is C8H15BrF2O. The van der Waals surface area contributed by atoms with Crippen molar-refractivity contribution in [3.8, 4) is 0 Å². The maximum Gasteiger partial charge on any atom is 0.329 e. The van der Waals surface area contributed by atoms with E-state index in [9.17, 15) is 13.9 Å². The Bertz CT molecular complexity index is 132. The molecule has 0 spiro atoms. The summed E-state index contributed by atoms with van der Waals surface area (Å²) in [6, 6.07) is 0. The van der Waals surface area contributed by atoms with Crippen molar-refractivity contribution in [3.05, 3.63) is 0 Å². The number of rotatable bonds is 5. The standard InChI is InChI=1S/C8H15BrF2O/c1-3-4-5-6-7(2,12)8(9,10)11/h12H,3-6H2,1-2H3. The zero-order valence-electron chi connectivity index (χ0n) is 7.41. The molecule has 74 valence electrons. The van der Waals surface area contributed by atoms with Crippen molar-refractivity contribution in [3.63, 3.8) is 0 Å². The molecule has 0 aliphatic rings. The normalized spacial score (nSPS) is 17.5. The highest BCUT2D eigenvalue weighted by atomic mass is 79.9. The van der Waals surface area contributed by atoms with Crippen LogP contribution in [0, 0.1) is 0 Å². The summed E-state index contributed by atoms with van der Waals surface area (Å²) < 4.78 is 25.2. The zero-order valence-corrected chi connectivity index (χ0v) is 9.00. The van der Waals surface area contributed by atoms with Crippen LogP contribution in [0.5, 0.6) is 0 Å². The summed E-state index contributed by atoms with van der Waals surface area (Å²) in [6.07, 6.45) is 2.59. The average molecular weight is 245 g/mol. The largest absolute Gasteiger partial charge is 0.383 e. The number of unbranched alkanes of at least 4 members (excludes halogenated alkanes) is 2. The summed E-state index contributed by atoms with van der Waals surface area (Å²) in [6.45, 7) is 3.14. The molecule has 0 aromatic carbocycles. The van der Waals surface area contributed by atoms with Gasteiger partial charge in [0.2, 0.25) is 0 Å². The molecular weight excluding hydrogens is 230 g/mol. The van der Waals surface area contributed by atoms with Gasteiger partial charge in [-0.2, -0.15) is 8.78 Å². The van der Waals surface area contributed by atoms with E-state index in [0.29, 0.717) is 6.42 Å². The van der Waals surface area contributed by atoms with Gasteiger partial charge in [0, 0.05) is 0 Å². The van der Waals surface area contributed by atoms with Crippen LogP contribution in [0.25, 0.3) is 0 Å². The number of halogens is 3. The molecule has 0 heterocycles. The van der Waals surface area contributed by atoms with E-state index in [-0.39, 0.29) is 6.42 Å². The van der Waals surface area contributed by atoms with E-state index in [4.69, 9.17) is 0 Å². The Labute approximate surface area is 80.3 Å². The second-order valence-electron chi connectivity index (χ2n) is 3.23. The SMILES string of the molecule is CCCCCC(C)(O)C(F)(F)Br. The highest BCUT2D eigenvalue weighted by Gasteiger charge is 2.45. The number of alkyl halides is 3. The van der Waals surface area contributed by atoms with Crippen molar-refractivity contribution < 1.29 is 13.9 Å². The quantitative estimate of drug-likeness (QED) is 0.582. The van der Waals surface area contributed by atoms with Gasteiger partial charge in [0.1, 0.15) is 5.60 Å². The van der Waals surface area contributed by atoms with Gasteiger partial charge < -0.3 is 5.11 Å². The molecule has 0 amide bonds. The van der Waals surface area contributed by atoms with Crippen molar-refractivity contribution in [1.29, 1.82) is 0 Å². The first-order valence-electron chi connectivity index (χ1n) is 4.10. The third-order valence-corrected chi connectivity index (χ3v) is 2.73. The number of hydrogen-bond acceptors (Lipinski definition) is 1. The third-order valence-electron chi connectivity index (χ3n) is 1.88. The second-order valence-corrected chi connectivity index (χ2v) is 4.22. The lowest BCUT2D eigenvalue weighted by molar-refractivity contribution is -0.108. The Morgan fingerprint density at radius 3 is 2.17 bits per heavy atom. The van der Waals surface area contributed by atoms with Gasteiger partial charge >= 0.3 is 4.83 Å². The van der Waals surface area contributed by atoms with Crippen LogP contribution in [-0.4, -0.2) is 15.5 Å². The fourth-order valence-corrected chi connectivity index (χ4v) is 1.06. The van der Waals surface area contributed by atoms with Crippen molar-refractivity contribution in [2.24, 2.45) is 0 Å². The lowest BCUT2D eigenvalue weighted by Gasteiger charge is -2.27. The molecule has 1 unspecified atom stereocenters. The first kappa shape index (κ1) is 12.3. The summed E-state index contributed by atoms with van der Waals surface area (Å²) in [5.74, 6) is 0. The summed E-state index contributed by atoms with van der Waals surface area (Å²) in [7, 11) is 0. The van der Waals surface area contributed by atoms with Crippen LogP contribution in [0.3, 0.4) is 0 Å². The Balaban J connectivity index is 3.88.